The molecule has 0 fully saturated rings. The molecule has 0 nitrogen and oxygen atoms in total. The van der Waals surface area contributed by atoms with E-state index in [4.69, 9.17) is 0 Å². The van der Waals surface area contributed by atoms with Gasteiger partial charge in [-0.15, -0.1) is 0 Å². The van der Waals surface area contributed by atoms with Gasteiger partial charge in [-0.05, 0) is 0 Å². The maximum absolute atomic E-state index is 2.43. The number of unbranched alkanes of at least 4 members (excludes halogenated alkanes) is 1. The summed E-state index contributed by atoms with van der Waals surface area (Å²) in [6.45, 7) is 2.29. The Kier molecular flexibility index (Phi) is 6.43. The fourth-order valence-corrected chi connectivity index (χ4v) is 9.92. The van der Waals surface area contributed by atoms with E-state index in [1.54, 1.807) is 5.31 Å². The van der Waals surface area contributed by atoms with Gasteiger partial charge in [0.25, 0.3) is 0 Å². The Hall–Kier alpha value is -2.43. The Balaban J connectivity index is 1.94. The predicted molar refractivity (Wildman–Crippen MR) is 131 cm³/mol. The zero-order valence-corrected chi connectivity index (χ0v) is 18.3. The minimum absolute atomic E-state index is 0.651. The van der Waals surface area contributed by atoms with Crippen LogP contribution in [0.4, 0.5) is 0 Å². The first-order chi connectivity index (χ1) is 14.4. The van der Waals surface area contributed by atoms with E-state index in [9.17, 15) is 0 Å². The summed E-state index contributed by atoms with van der Waals surface area (Å²) in [6.07, 6.45) is 12.2. The van der Waals surface area contributed by atoms with Crippen molar-refractivity contribution in [2.45, 2.75) is 32.6 Å². The van der Waals surface area contributed by atoms with Crippen molar-refractivity contribution in [2.24, 2.45) is 5.92 Å². The Bertz CT molecular complexity index is 858. The topological polar surface area (TPSA) is 0 Å². The van der Waals surface area contributed by atoms with Crippen LogP contribution in [0, 0.1) is 5.92 Å². The molecule has 1 heteroatoms. The number of hydrogen-bond donors (Lipinski definition) is 0. The second-order valence-electron chi connectivity index (χ2n) is 8.03. The summed E-state index contributed by atoms with van der Waals surface area (Å²) >= 11 is 0. The van der Waals surface area contributed by atoms with Crippen LogP contribution in [0.25, 0.3) is 0 Å². The third-order valence-electron chi connectivity index (χ3n) is 6.19. The van der Waals surface area contributed by atoms with Gasteiger partial charge in [0.15, 0.2) is 0 Å². The molecular weight excluding hydrogens is 367 g/mol. The Morgan fingerprint density at radius 3 is 1.66 bits per heavy atom. The van der Waals surface area contributed by atoms with E-state index < -0.39 is 7.26 Å². The molecule has 0 N–H and O–H groups in total. The van der Waals surface area contributed by atoms with Crippen LogP contribution in [0.1, 0.15) is 32.6 Å². The van der Waals surface area contributed by atoms with E-state index in [-0.39, 0.29) is 0 Å². The van der Waals surface area contributed by atoms with Crippen molar-refractivity contribution in [3.05, 3.63) is 115 Å². The van der Waals surface area contributed by atoms with Crippen LogP contribution in [0.3, 0.4) is 0 Å². The molecule has 0 spiro atoms. The molecule has 0 amide bonds. The summed E-state index contributed by atoms with van der Waals surface area (Å²) in [5.41, 5.74) is 0. The molecule has 3 aromatic rings. The van der Waals surface area contributed by atoms with Crippen LogP contribution >= 0.6 is 7.26 Å². The van der Waals surface area contributed by atoms with Crippen molar-refractivity contribution in [1.82, 2.24) is 0 Å². The average Bonchev–Trinajstić information content (AvgIpc) is 2.81. The van der Waals surface area contributed by atoms with Crippen molar-refractivity contribution < 1.29 is 0 Å². The Morgan fingerprint density at radius 1 is 0.724 bits per heavy atom. The standard InChI is InChI=1S/C28H31P/c1-2-3-14-24-15-13-22-28(23-24)29(25-16-7-4-8-17-25,26-18-9-5-10-19-26)27-20-11-6-12-21-27/h4-13,15-22,24,29H,2-3,14,23H2,1H3. The molecule has 0 saturated carbocycles. The van der Waals surface area contributed by atoms with Gasteiger partial charge in [-0.2, -0.15) is 0 Å². The van der Waals surface area contributed by atoms with E-state index in [1.807, 2.05) is 0 Å². The van der Waals surface area contributed by atoms with Crippen molar-refractivity contribution in [1.29, 1.82) is 0 Å². The Morgan fingerprint density at radius 2 is 1.21 bits per heavy atom. The quantitative estimate of drug-likeness (QED) is 0.406. The fraction of sp³-hybridized carbons (Fsp3) is 0.214. The van der Waals surface area contributed by atoms with Crippen LogP contribution in [-0.4, -0.2) is 0 Å². The van der Waals surface area contributed by atoms with Crippen LogP contribution in [0.15, 0.2) is 115 Å². The molecule has 29 heavy (non-hydrogen) atoms. The zero-order valence-electron chi connectivity index (χ0n) is 17.3. The van der Waals surface area contributed by atoms with Gasteiger partial charge in [0, 0.05) is 0 Å². The van der Waals surface area contributed by atoms with Crippen LogP contribution in [0.5, 0.6) is 0 Å². The molecule has 3 aromatic carbocycles. The number of rotatable bonds is 7. The molecule has 1 unspecified atom stereocenters. The van der Waals surface area contributed by atoms with Gasteiger partial charge >= 0.3 is 176 Å². The number of benzene rings is 3. The van der Waals surface area contributed by atoms with Gasteiger partial charge < -0.3 is 0 Å². The molecule has 0 heterocycles. The van der Waals surface area contributed by atoms with E-state index in [2.05, 4.69) is 116 Å². The molecule has 0 saturated heterocycles. The summed E-state index contributed by atoms with van der Waals surface area (Å²) < 4.78 is 0. The van der Waals surface area contributed by atoms with Crippen molar-refractivity contribution in [2.75, 3.05) is 0 Å². The molecule has 1 aliphatic rings. The van der Waals surface area contributed by atoms with Crippen molar-refractivity contribution in [3.8, 4) is 0 Å². The van der Waals surface area contributed by atoms with Gasteiger partial charge in [-0.3, -0.25) is 0 Å². The molecule has 148 valence electrons. The van der Waals surface area contributed by atoms with E-state index >= 15 is 0 Å². The van der Waals surface area contributed by atoms with Crippen molar-refractivity contribution >= 4 is 23.2 Å². The predicted octanol–water partition coefficient (Wildman–Crippen LogP) is 6.36. The SMILES string of the molecule is CCCCC1C=CC=C([PH](c2ccccc2)(c2ccccc2)c2ccccc2)C1. The second-order valence-corrected chi connectivity index (χ2v) is 11.9. The van der Waals surface area contributed by atoms with Crippen molar-refractivity contribution in [3.63, 3.8) is 0 Å². The van der Waals surface area contributed by atoms with E-state index in [0.29, 0.717) is 5.92 Å². The van der Waals surface area contributed by atoms with Gasteiger partial charge in [0.05, 0.1) is 0 Å². The summed E-state index contributed by atoms with van der Waals surface area (Å²) in [5, 5.41) is 6.07. The summed E-state index contributed by atoms with van der Waals surface area (Å²) in [7, 11) is -2.29. The summed E-state index contributed by atoms with van der Waals surface area (Å²) in [6, 6.07) is 33.8. The molecule has 1 aliphatic carbocycles. The van der Waals surface area contributed by atoms with Gasteiger partial charge in [0.2, 0.25) is 0 Å². The van der Waals surface area contributed by atoms with E-state index in [1.165, 1.54) is 41.6 Å². The van der Waals surface area contributed by atoms with Gasteiger partial charge in [-0.25, -0.2) is 0 Å². The minimum atomic E-state index is -2.29. The van der Waals surface area contributed by atoms with Crippen LogP contribution < -0.4 is 15.9 Å². The molecule has 4 rings (SSSR count). The zero-order chi connectivity index (χ0) is 19.9. The first-order valence-electron chi connectivity index (χ1n) is 10.9. The van der Waals surface area contributed by atoms with Crippen LogP contribution in [0.2, 0.25) is 0 Å². The third-order valence-corrected chi connectivity index (χ3v) is 11.1. The molecular formula is C28H31P. The molecule has 0 aromatic heterocycles. The number of allylic oxidation sites excluding steroid dienone is 4. The Labute approximate surface area is 176 Å². The van der Waals surface area contributed by atoms with Gasteiger partial charge in [0.1, 0.15) is 0 Å². The normalized spacial score (nSPS) is 17.0. The molecule has 0 aliphatic heterocycles. The van der Waals surface area contributed by atoms with Gasteiger partial charge in [-0.1, -0.05) is 0 Å². The summed E-state index contributed by atoms with van der Waals surface area (Å²) in [5.74, 6) is 0.651. The molecule has 1 atom stereocenters. The average molecular weight is 399 g/mol. The first kappa shape index (κ1) is 19.9. The third kappa shape index (κ3) is 4.00. The monoisotopic (exact) mass is 398 g/mol. The molecule has 0 bridgehead atoms. The first-order valence-corrected chi connectivity index (χ1v) is 12.9. The second kappa shape index (κ2) is 9.38. The van der Waals surface area contributed by atoms with E-state index in [0.717, 1.165) is 0 Å². The fourth-order valence-electron chi connectivity index (χ4n) is 4.81. The van der Waals surface area contributed by atoms with Crippen LogP contribution in [-0.2, 0) is 0 Å². The number of hydrogen-bond acceptors (Lipinski definition) is 0. The molecule has 0 radical (unpaired) electrons. The maximum atomic E-state index is 2.43. The summed E-state index contributed by atoms with van der Waals surface area (Å²) in [4.78, 5) is 0.